The smallest absolute Gasteiger partial charge is 0.311 e. The standard InChI is InChI=1S/C27H28FNO5/c1-33-24-6-2-17(11-21(24)16-34-25-12-22(28)4-5-23(25)29(31)32)3-7-26(30)27-13-18-8-19(14-27)10-20(9-18)15-27/h2-7,11-12,18-20H,8-10,13-16H2,1H3/b7-3+. The highest BCUT2D eigenvalue weighted by Gasteiger charge is 2.53. The molecule has 0 unspecified atom stereocenters. The van der Waals surface area contributed by atoms with Crippen LogP contribution in [0.25, 0.3) is 6.08 Å². The van der Waals surface area contributed by atoms with Crippen LogP contribution in [0.2, 0.25) is 0 Å². The molecule has 0 amide bonds. The van der Waals surface area contributed by atoms with Crippen LogP contribution in [0.4, 0.5) is 10.1 Å². The van der Waals surface area contributed by atoms with Crippen molar-refractivity contribution in [1.82, 2.24) is 0 Å². The van der Waals surface area contributed by atoms with Gasteiger partial charge in [-0.1, -0.05) is 12.1 Å². The van der Waals surface area contributed by atoms with E-state index in [0.717, 1.165) is 43.0 Å². The summed E-state index contributed by atoms with van der Waals surface area (Å²) in [6.45, 7) is -0.0436. The average molecular weight is 466 g/mol. The van der Waals surface area contributed by atoms with Gasteiger partial charge in [0.2, 0.25) is 0 Å². The van der Waals surface area contributed by atoms with Crippen molar-refractivity contribution in [3.05, 3.63) is 69.5 Å². The molecule has 0 aromatic heterocycles. The minimum atomic E-state index is -0.618. The Labute approximate surface area is 197 Å². The van der Waals surface area contributed by atoms with Crippen LogP contribution in [0.5, 0.6) is 11.5 Å². The van der Waals surface area contributed by atoms with Crippen molar-refractivity contribution in [2.24, 2.45) is 23.2 Å². The molecule has 4 bridgehead atoms. The molecule has 178 valence electrons. The molecule has 2 aromatic rings. The fourth-order valence-corrected chi connectivity index (χ4v) is 6.69. The summed E-state index contributed by atoms with van der Waals surface area (Å²) in [7, 11) is 1.52. The maximum atomic E-state index is 13.6. The first-order chi connectivity index (χ1) is 16.3. The first-order valence-corrected chi connectivity index (χ1v) is 11.8. The van der Waals surface area contributed by atoms with Crippen LogP contribution in [0.15, 0.2) is 42.5 Å². The van der Waals surface area contributed by atoms with Crippen LogP contribution in [0.1, 0.15) is 49.7 Å². The number of methoxy groups -OCH3 is 1. The molecular weight excluding hydrogens is 437 g/mol. The third-order valence-electron chi connectivity index (χ3n) is 7.79. The van der Waals surface area contributed by atoms with Crippen LogP contribution in [0, 0.1) is 39.1 Å². The van der Waals surface area contributed by atoms with Gasteiger partial charge in [-0.15, -0.1) is 0 Å². The van der Waals surface area contributed by atoms with E-state index in [-0.39, 0.29) is 29.2 Å². The predicted octanol–water partition coefficient (Wildman–Crippen LogP) is 6.12. The number of halogens is 1. The number of ether oxygens (including phenoxy) is 2. The quantitative estimate of drug-likeness (QED) is 0.267. The molecule has 0 atom stereocenters. The molecule has 0 N–H and O–H groups in total. The molecule has 0 radical (unpaired) electrons. The van der Waals surface area contributed by atoms with Gasteiger partial charge in [-0.3, -0.25) is 14.9 Å². The van der Waals surface area contributed by atoms with Gasteiger partial charge < -0.3 is 9.47 Å². The normalized spacial score (nSPS) is 27.2. The number of benzene rings is 2. The largest absolute Gasteiger partial charge is 0.496 e. The molecule has 0 spiro atoms. The van der Waals surface area contributed by atoms with E-state index in [1.165, 1.54) is 26.4 Å². The number of nitro benzene ring substituents is 1. The molecule has 6 nitrogen and oxygen atoms in total. The lowest BCUT2D eigenvalue weighted by molar-refractivity contribution is -0.386. The Kier molecular flexibility index (Phi) is 5.88. The number of rotatable bonds is 8. The molecule has 0 aliphatic heterocycles. The molecule has 7 heteroatoms. The van der Waals surface area contributed by atoms with Crippen molar-refractivity contribution in [2.75, 3.05) is 7.11 Å². The van der Waals surface area contributed by atoms with Gasteiger partial charge in [0.25, 0.3) is 0 Å². The van der Waals surface area contributed by atoms with E-state index < -0.39 is 10.7 Å². The number of ketones is 1. The third-order valence-corrected chi connectivity index (χ3v) is 7.79. The lowest BCUT2D eigenvalue weighted by Gasteiger charge is -2.55. The lowest BCUT2D eigenvalue weighted by Crippen LogP contribution is -2.49. The number of hydrogen-bond donors (Lipinski definition) is 0. The zero-order chi connectivity index (χ0) is 23.9. The Hall–Kier alpha value is -3.22. The lowest BCUT2D eigenvalue weighted by atomic mass is 9.48. The van der Waals surface area contributed by atoms with Crippen molar-refractivity contribution in [2.45, 2.75) is 45.1 Å². The van der Waals surface area contributed by atoms with Crippen molar-refractivity contribution >= 4 is 17.5 Å². The second-order valence-corrected chi connectivity index (χ2v) is 10.1. The molecule has 6 rings (SSSR count). The Morgan fingerprint density at radius 1 is 1.09 bits per heavy atom. The number of carbonyl (C=O) groups excluding carboxylic acids is 1. The second-order valence-electron chi connectivity index (χ2n) is 10.1. The van der Waals surface area contributed by atoms with Crippen LogP contribution in [0.3, 0.4) is 0 Å². The van der Waals surface area contributed by atoms with Crippen LogP contribution < -0.4 is 9.47 Å². The van der Waals surface area contributed by atoms with E-state index in [9.17, 15) is 19.3 Å². The van der Waals surface area contributed by atoms with Gasteiger partial charge in [-0.25, -0.2) is 4.39 Å². The molecule has 4 fully saturated rings. The Balaban J connectivity index is 1.33. The molecule has 4 aliphatic carbocycles. The number of nitrogens with zero attached hydrogens (tertiary/aromatic N) is 1. The summed E-state index contributed by atoms with van der Waals surface area (Å²) >= 11 is 0. The van der Waals surface area contributed by atoms with E-state index in [4.69, 9.17) is 9.47 Å². The molecule has 4 aliphatic rings. The summed E-state index contributed by atoms with van der Waals surface area (Å²) < 4.78 is 24.6. The first kappa shape index (κ1) is 22.6. The van der Waals surface area contributed by atoms with Crippen molar-refractivity contribution in [3.8, 4) is 11.5 Å². The van der Waals surface area contributed by atoms with E-state index in [2.05, 4.69) is 0 Å². The number of carbonyl (C=O) groups is 1. The summed E-state index contributed by atoms with van der Waals surface area (Å²) in [5, 5.41) is 11.2. The van der Waals surface area contributed by atoms with Crippen LogP contribution >= 0.6 is 0 Å². The number of nitro groups is 1. The van der Waals surface area contributed by atoms with E-state index >= 15 is 0 Å². The van der Waals surface area contributed by atoms with Crippen LogP contribution in [-0.2, 0) is 11.4 Å². The van der Waals surface area contributed by atoms with Crippen molar-refractivity contribution in [3.63, 3.8) is 0 Å². The topological polar surface area (TPSA) is 78.7 Å². The summed E-state index contributed by atoms with van der Waals surface area (Å²) in [6, 6.07) is 8.56. The monoisotopic (exact) mass is 465 g/mol. The molecule has 2 aromatic carbocycles. The Morgan fingerprint density at radius 2 is 1.76 bits per heavy atom. The third kappa shape index (κ3) is 4.31. The summed E-state index contributed by atoms with van der Waals surface area (Å²) in [6.07, 6.45) is 10.5. The van der Waals surface area contributed by atoms with Gasteiger partial charge >= 0.3 is 5.69 Å². The Bertz CT molecular complexity index is 1120. The highest BCUT2D eigenvalue weighted by molar-refractivity contribution is 5.98. The van der Waals surface area contributed by atoms with Gasteiger partial charge in [-0.2, -0.15) is 0 Å². The van der Waals surface area contributed by atoms with E-state index in [1.807, 2.05) is 18.2 Å². The highest BCUT2D eigenvalue weighted by Crippen LogP contribution is 2.60. The molecule has 0 saturated heterocycles. The highest BCUT2D eigenvalue weighted by atomic mass is 19.1. The number of allylic oxidation sites excluding steroid dienone is 1. The zero-order valence-electron chi connectivity index (χ0n) is 19.2. The first-order valence-electron chi connectivity index (χ1n) is 11.8. The minimum absolute atomic E-state index is 0.0436. The fourth-order valence-electron chi connectivity index (χ4n) is 6.69. The van der Waals surface area contributed by atoms with Gasteiger partial charge in [-0.05, 0) is 86.1 Å². The maximum Gasteiger partial charge on any atom is 0.311 e. The van der Waals surface area contributed by atoms with Crippen molar-refractivity contribution < 1.29 is 23.6 Å². The second kappa shape index (κ2) is 8.85. The molecule has 0 heterocycles. The minimum Gasteiger partial charge on any atom is -0.496 e. The average Bonchev–Trinajstić information content (AvgIpc) is 2.80. The summed E-state index contributed by atoms with van der Waals surface area (Å²) in [4.78, 5) is 23.9. The fraction of sp³-hybridized carbons (Fsp3) is 0.444. The molecular formula is C27H28FNO5. The van der Waals surface area contributed by atoms with E-state index in [0.29, 0.717) is 29.1 Å². The van der Waals surface area contributed by atoms with Gasteiger partial charge in [0.1, 0.15) is 18.2 Å². The zero-order valence-corrected chi connectivity index (χ0v) is 19.2. The van der Waals surface area contributed by atoms with Gasteiger partial charge in [0.15, 0.2) is 11.5 Å². The molecule has 34 heavy (non-hydrogen) atoms. The SMILES string of the molecule is COc1ccc(/C=C/C(=O)C23CC4CC(CC(C4)C2)C3)cc1COc1cc(F)ccc1[N+](=O)[O-]. The summed E-state index contributed by atoms with van der Waals surface area (Å²) in [5.74, 6) is 2.14. The summed E-state index contributed by atoms with van der Waals surface area (Å²) in [5.41, 5.74) is 0.967. The molecule has 4 saturated carbocycles. The van der Waals surface area contributed by atoms with E-state index in [1.54, 1.807) is 12.1 Å². The maximum absolute atomic E-state index is 13.6. The van der Waals surface area contributed by atoms with Gasteiger partial charge in [0, 0.05) is 23.1 Å². The van der Waals surface area contributed by atoms with Crippen molar-refractivity contribution in [1.29, 1.82) is 0 Å². The van der Waals surface area contributed by atoms with Gasteiger partial charge in [0.05, 0.1) is 12.0 Å². The van der Waals surface area contributed by atoms with Crippen LogP contribution in [-0.4, -0.2) is 17.8 Å². The number of hydrogen-bond acceptors (Lipinski definition) is 5. The Morgan fingerprint density at radius 3 is 2.38 bits per heavy atom. The predicted molar refractivity (Wildman–Crippen MR) is 125 cm³/mol.